The lowest BCUT2D eigenvalue weighted by Gasteiger charge is -2.37. The maximum atomic E-state index is 12.5. The molecule has 1 heterocycles. The summed E-state index contributed by atoms with van der Waals surface area (Å²) in [5.41, 5.74) is 0.638. The Labute approximate surface area is 113 Å². The van der Waals surface area contributed by atoms with Gasteiger partial charge in [-0.15, -0.1) is 0 Å². The average Bonchev–Trinajstić information content (AvgIpc) is 2.35. The number of carbonyl (C=O) groups excluding carboxylic acids is 1. The molecule has 1 fully saturated rings. The summed E-state index contributed by atoms with van der Waals surface area (Å²) in [5.74, 6) is 0.757. The van der Waals surface area contributed by atoms with Gasteiger partial charge >= 0.3 is 0 Å². The molecule has 0 atom stereocenters. The fourth-order valence-corrected chi connectivity index (χ4v) is 2.22. The van der Waals surface area contributed by atoms with Gasteiger partial charge < -0.3 is 14.9 Å². The number of pyridine rings is 1. The molecule has 0 saturated heterocycles. The van der Waals surface area contributed by atoms with E-state index in [4.69, 9.17) is 5.11 Å². The van der Waals surface area contributed by atoms with Crippen LogP contribution in [0.5, 0.6) is 0 Å². The van der Waals surface area contributed by atoms with Gasteiger partial charge in [0.2, 0.25) is 0 Å². The lowest BCUT2D eigenvalue weighted by atomic mass is 9.91. The molecule has 0 radical (unpaired) electrons. The molecule has 0 bridgehead atoms. The standard InChI is InChI=1S/C14H21N3O2/c1-16(2)13-10-11(6-7-15-13)14(19)17(8-9-18)12-4-3-5-12/h6-7,10,12,18H,3-5,8-9H2,1-2H3. The molecule has 2 rings (SSSR count). The molecular weight excluding hydrogens is 242 g/mol. The first-order valence-electron chi connectivity index (χ1n) is 6.68. The summed E-state index contributed by atoms with van der Waals surface area (Å²) >= 11 is 0. The first kappa shape index (κ1) is 13.8. The Kier molecular flexibility index (Phi) is 4.37. The van der Waals surface area contributed by atoms with Crippen molar-refractivity contribution < 1.29 is 9.90 Å². The largest absolute Gasteiger partial charge is 0.395 e. The van der Waals surface area contributed by atoms with E-state index in [1.165, 1.54) is 6.42 Å². The molecule has 19 heavy (non-hydrogen) atoms. The van der Waals surface area contributed by atoms with E-state index >= 15 is 0 Å². The lowest BCUT2D eigenvalue weighted by molar-refractivity contribution is 0.0525. The SMILES string of the molecule is CN(C)c1cc(C(=O)N(CCO)C2CCC2)ccn1. The molecule has 1 aliphatic carbocycles. The van der Waals surface area contributed by atoms with E-state index in [1.54, 1.807) is 23.2 Å². The van der Waals surface area contributed by atoms with Crippen LogP contribution in [-0.2, 0) is 0 Å². The number of carbonyl (C=O) groups is 1. The van der Waals surface area contributed by atoms with Gasteiger partial charge in [0.25, 0.3) is 5.91 Å². The third-order valence-corrected chi connectivity index (χ3v) is 3.57. The zero-order valence-electron chi connectivity index (χ0n) is 11.5. The minimum absolute atomic E-state index is 0.00780. The van der Waals surface area contributed by atoms with Gasteiger partial charge in [-0.25, -0.2) is 4.98 Å². The highest BCUT2D eigenvalue weighted by Crippen LogP contribution is 2.26. The molecule has 0 aromatic carbocycles. The van der Waals surface area contributed by atoms with Crippen molar-refractivity contribution >= 4 is 11.7 Å². The molecule has 1 aromatic rings. The normalized spacial score (nSPS) is 14.9. The zero-order valence-corrected chi connectivity index (χ0v) is 11.5. The molecule has 5 nitrogen and oxygen atoms in total. The molecule has 0 spiro atoms. The Bertz CT molecular complexity index is 444. The average molecular weight is 263 g/mol. The number of anilines is 1. The first-order valence-corrected chi connectivity index (χ1v) is 6.68. The number of hydrogen-bond acceptors (Lipinski definition) is 4. The molecule has 1 aromatic heterocycles. The molecule has 1 N–H and O–H groups in total. The quantitative estimate of drug-likeness (QED) is 0.865. The van der Waals surface area contributed by atoms with Crippen molar-refractivity contribution in [1.29, 1.82) is 0 Å². The molecule has 1 saturated carbocycles. The summed E-state index contributed by atoms with van der Waals surface area (Å²) in [6, 6.07) is 3.82. The van der Waals surface area contributed by atoms with Crippen molar-refractivity contribution in [1.82, 2.24) is 9.88 Å². The van der Waals surface area contributed by atoms with Gasteiger partial charge in [0.15, 0.2) is 0 Å². The fraction of sp³-hybridized carbons (Fsp3) is 0.571. The van der Waals surface area contributed by atoms with E-state index in [0.717, 1.165) is 18.7 Å². The van der Waals surface area contributed by atoms with Crippen LogP contribution in [-0.4, -0.2) is 54.2 Å². The molecule has 1 aliphatic rings. The number of hydrogen-bond donors (Lipinski definition) is 1. The fourth-order valence-electron chi connectivity index (χ4n) is 2.22. The monoisotopic (exact) mass is 263 g/mol. The summed E-state index contributed by atoms with van der Waals surface area (Å²) in [6.45, 7) is 0.414. The molecule has 0 unspecified atom stereocenters. The number of aromatic nitrogens is 1. The lowest BCUT2D eigenvalue weighted by Crippen LogP contribution is -2.45. The van der Waals surface area contributed by atoms with Gasteiger partial charge in [-0.3, -0.25) is 4.79 Å². The van der Waals surface area contributed by atoms with E-state index in [2.05, 4.69) is 4.98 Å². The summed E-state index contributed by atoms with van der Waals surface area (Å²) in [7, 11) is 3.79. The molecule has 0 aliphatic heterocycles. The van der Waals surface area contributed by atoms with Crippen LogP contribution >= 0.6 is 0 Å². The summed E-state index contributed by atoms with van der Waals surface area (Å²) in [6.07, 6.45) is 4.90. The third-order valence-electron chi connectivity index (χ3n) is 3.57. The molecule has 104 valence electrons. The minimum Gasteiger partial charge on any atom is -0.395 e. The van der Waals surface area contributed by atoms with Gasteiger partial charge in [0.1, 0.15) is 5.82 Å². The highest BCUT2D eigenvalue weighted by Gasteiger charge is 2.29. The number of aliphatic hydroxyl groups is 1. The number of aliphatic hydroxyl groups excluding tert-OH is 1. The van der Waals surface area contributed by atoms with Crippen LogP contribution in [0.3, 0.4) is 0 Å². The van der Waals surface area contributed by atoms with Crippen molar-refractivity contribution in [3.8, 4) is 0 Å². The van der Waals surface area contributed by atoms with Crippen LogP contribution < -0.4 is 4.90 Å². The van der Waals surface area contributed by atoms with Crippen molar-refractivity contribution in [3.63, 3.8) is 0 Å². The molecule has 1 amide bonds. The summed E-state index contributed by atoms with van der Waals surface area (Å²) in [5, 5.41) is 9.13. The van der Waals surface area contributed by atoms with E-state index in [9.17, 15) is 4.79 Å². The smallest absolute Gasteiger partial charge is 0.254 e. The highest BCUT2D eigenvalue weighted by atomic mass is 16.3. The van der Waals surface area contributed by atoms with Gasteiger partial charge in [0.05, 0.1) is 6.61 Å². The predicted molar refractivity (Wildman–Crippen MR) is 74.3 cm³/mol. The Balaban J connectivity index is 2.18. The Morgan fingerprint density at radius 2 is 2.21 bits per heavy atom. The van der Waals surface area contributed by atoms with Crippen LogP contribution in [0.4, 0.5) is 5.82 Å². The first-order chi connectivity index (χ1) is 9.13. The molecule has 5 heteroatoms. The second-order valence-electron chi connectivity index (χ2n) is 5.10. The van der Waals surface area contributed by atoms with Crippen LogP contribution in [0.25, 0.3) is 0 Å². The summed E-state index contributed by atoms with van der Waals surface area (Å²) < 4.78 is 0. The van der Waals surface area contributed by atoms with Gasteiger partial charge in [0, 0.05) is 38.4 Å². The Morgan fingerprint density at radius 3 is 2.74 bits per heavy atom. The maximum Gasteiger partial charge on any atom is 0.254 e. The van der Waals surface area contributed by atoms with E-state index in [0.29, 0.717) is 12.1 Å². The van der Waals surface area contributed by atoms with Gasteiger partial charge in [-0.1, -0.05) is 0 Å². The topological polar surface area (TPSA) is 56.7 Å². The summed E-state index contributed by atoms with van der Waals surface area (Å²) in [4.78, 5) is 20.4. The second-order valence-corrected chi connectivity index (χ2v) is 5.10. The van der Waals surface area contributed by atoms with Gasteiger partial charge in [-0.05, 0) is 31.4 Å². The highest BCUT2D eigenvalue weighted by molar-refractivity contribution is 5.95. The van der Waals surface area contributed by atoms with Crippen molar-refractivity contribution in [3.05, 3.63) is 23.9 Å². The maximum absolute atomic E-state index is 12.5. The Morgan fingerprint density at radius 1 is 1.47 bits per heavy atom. The van der Waals surface area contributed by atoms with Crippen LogP contribution in [0.2, 0.25) is 0 Å². The third kappa shape index (κ3) is 3.04. The van der Waals surface area contributed by atoms with Crippen molar-refractivity contribution in [2.75, 3.05) is 32.1 Å². The molecular formula is C14H21N3O2. The minimum atomic E-state index is -0.00995. The van der Waals surface area contributed by atoms with Crippen LogP contribution in [0.1, 0.15) is 29.6 Å². The second kappa shape index (κ2) is 6.02. The van der Waals surface area contributed by atoms with Crippen LogP contribution in [0, 0.1) is 0 Å². The number of amides is 1. The Hall–Kier alpha value is -1.62. The van der Waals surface area contributed by atoms with Crippen molar-refractivity contribution in [2.24, 2.45) is 0 Å². The number of rotatable bonds is 5. The van der Waals surface area contributed by atoms with E-state index < -0.39 is 0 Å². The van der Waals surface area contributed by atoms with E-state index in [-0.39, 0.29) is 18.6 Å². The zero-order chi connectivity index (χ0) is 13.8. The number of nitrogens with zero attached hydrogens (tertiary/aromatic N) is 3. The van der Waals surface area contributed by atoms with Crippen LogP contribution in [0.15, 0.2) is 18.3 Å². The van der Waals surface area contributed by atoms with Crippen molar-refractivity contribution in [2.45, 2.75) is 25.3 Å². The predicted octanol–water partition coefficient (Wildman–Crippen LogP) is 1.13. The van der Waals surface area contributed by atoms with Gasteiger partial charge in [-0.2, -0.15) is 0 Å². The van der Waals surface area contributed by atoms with E-state index in [1.807, 2.05) is 19.0 Å².